The van der Waals surface area contributed by atoms with E-state index in [9.17, 15) is 14.4 Å². The Kier molecular flexibility index (Phi) is 8.85. The van der Waals surface area contributed by atoms with Crippen LogP contribution >= 0.6 is 0 Å². The molecule has 178 valence electrons. The maximum Gasteiger partial charge on any atom is 0.320 e. The molecule has 0 radical (unpaired) electrons. The molecule has 3 rings (SSSR count). The van der Waals surface area contributed by atoms with Gasteiger partial charge in [-0.15, -0.1) is 0 Å². The zero-order chi connectivity index (χ0) is 23.2. The Morgan fingerprint density at radius 2 is 1.10 bits per heavy atom. The number of ether oxygens (including phenoxy) is 2. The minimum atomic E-state index is -0.543. The van der Waals surface area contributed by atoms with Crippen molar-refractivity contribution in [1.82, 2.24) is 19.6 Å². The molecule has 3 heterocycles. The quantitative estimate of drug-likeness (QED) is 0.582. The van der Waals surface area contributed by atoms with E-state index in [1.807, 2.05) is 51.3 Å². The fraction of sp³-hybridized carbons (Fsp3) is 0.864. The maximum atomic E-state index is 12.5. The minimum Gasteiger partial charge on any atom is -0.459 e. The molecule has 31 heavy (non-hydrogen) atoms. The van der Waals surface area contributed by atoms with Gasteiger partial charge in [-0.05, 0) is 41.5 Å². The van der Waals surface area contributed by atoms with Gasteiger partial charge < -0.3 is 14.4 Å². The summed E-state index contributed by atoms with van der Waals surface area (Å²) in [6.07, 6.45) is 0. The van der Waals surface area contributed by atoms with Crippen molar-refractivity contribution in [3.05, 3.63) is 0 Å². The summed E-state index contributed by atoms with van der Waals surface area (Å²) in [4.78, 5) is 45.4. The van der Waals surface area contributed by atoms with Crippen LogP contribution in [-0.4, -0.2) is 121 Å². The molecule has 9 heteroatoms. The second-order valence-corrected chi connectivity index (χ2v) is 10.4. The summed E-state index contributed by atoms with van der Waals surface area (Å²) in [6.45, 7) is 17.1. The molecular formula is C22H40N4O5. The monoisotopic (exact) mass is 440 g/mol. The van der Waals surface area contributed by atoms with Crippen molar-refractivity contribution in [3.63, 3.8) is 0 Å². The molecule has 1 amide bonds. The van der Waals surface area contributed by atoms with Crippen LogP contribution in [0, 0.1) is 0 Å². The van der Waals surface area contributed by atoms with Crippen LogP contribution in [0.2, 0.25) is 0 Å². The second kappa shape index (κ2) is 10.7. The Morgan fingerprint density at radius 3 is 1.55 bits per heavy atom. The summed E-state index contributed by atoms with van der Waals surface area (Å²) >= 11 is 0. The van der Waals surface area contributed by atoms with Crippen molar-refractivity contribution in [2.24, 2.45) is 0 Å². The molecule has 0 aromatic heterocycles. The molecular weight excluding hydrogens is 400 g/mol. The van der Waals surface area contributed by atoms with Gasteiger partial charge in [0, 0.05) is 52.4 Å². The molecule has 9 nitrogen and oxygen atoms in total. The third-order valence-corrected chi connectivity index (χ3v) is 5.09. The highest BCUT2D eigenvalue weighted by molar-refractivity contribution is 5.79. The van der Waals surface area contributed by atoms with E-state index in [1.54, 1.807) is 0 Å². The van der Waals surface area contributed by atoms with E-state index in [0.29, 0.717) is 52.4 Å². The number of esters is 2. The lowest BCUT2D eigenvalue weighted by Crippen LogP contribution is -2.55. The first-order valence-corrected chi connectivity index (χ1v) is 11.2. The van der Waals surface area contributed by atoms with E-state index in [4.69, 9.17) is 9.47 Å². The molecule has 0 N–H and O–H groups in total. The van der Waals surface area contributed by atoms with Crippen LogP contribution in [0.4, 0.5) is 0 Å². The highest BCUT2D eigenvalue weighted by Crippen LogP contribution is 2.11. The molecule has 1 atom stereocenters. The van der Waals surface area contributed by atoms with Gasteiger partial charge in [-0.1, -0.05) is 0 Å². The average molecular weight is 441 g/mol. The lowest BCUT2D eigenvalue weighted by Gasteiger charge is -2.38. The highest BCUT2D eigenvalue weighted by atomic mass is 16.6. The number of hydrogen-bond acceptors (Lipinski definition) is 8. The smallest absolute Gasteiger partial charge is 0.320 e. The lowest BCUT2D eigenvalue weighted by molar-refractivity contribution is -0.158. The van der Waals surface area contributed by atoms with Crippen molar-refractivity contribution in [1.29, 1.82) is 0 Å². The van der Waals surface area contributed by atoms with Crippen molar-refractivity contribution >= 4 is 17.8 Å². The Morgan fingerprint density at radius 1 is 0.710 bits per heavy atom. The van der Waals surface area contributed by atoms with Gasteiger partial charge in [-0.25, -0.2) is 0 Å². The highest BCUT2D eigenvalue weighted by Gasteiger charge is 2.27. The van der Waals surface area contributed by atoms with Crippen LogP contribution in [0.5, 0.6) is 0 Å². The van der Waals surface area contributed by atoms with Crippen LogP contribution in [0.25, 0.3) is 0 Å². The van der Waals surface area contributed by atoms with E-state index in [-0.39, 0.29) is 30.9 Å². The third kappa shape index (κ3) is 9.97. The summed E-state index contributed by atoms with van der Waals surface area (Å²) in [7, 11) is 0. The van der Waals surface area contributed by atoms with Gasteiger partial charge in [0.05, 0.1) is 19.6 Å². The molecule has 3 aliphatic heterocycles. The number of piperazine rings is 1. The molecule has 0 saturated carbocycles. The van der Waals surface area contributed by atoms with Gasteiger partial charge in [-0.2, -0.15) is 0 Å². The summed E-state index contributed by atoms with van der Waals surface area (Å²) in [5, 5.41) is 0. The van der Waals surface area contributed by atoms with E-state index < -0.39 is 11.2 Å². The van der Waals surface area contributed by atoms with Crippen LogP contribution in [-0.2, 0) is 23.9 Å². The first kappa shape index (κ1) is 25.5. The molecule has 3 aliphatic rings. The largest absolute Gasteiger partial charge is 0.459 e. The molecule has 3 saturated heterocycles. The number of rotatable bonds is 4. The van der Waals surface area contributed by atoms with Crippen LogP contribution in [0.15, 0.2) is 0 Å². The van der Waals surface area contributed by atoms with Gasteiger partial charge in [0.15, 0.2) is 0 Å². The summed E-state index contributed by atoms with van der Waals surface area (Å²) < 4.78 is 11.0. The van der Waals surface area contributed by atoms with Gasteiger partial charge in [0.2, 0.25) is 5.91 Å². The molecule has 3 fully saturated rings. The zero-order valence-electron chi connectivity index (χ0n) is 20.1. The van der Waals surface area contributed by atoms with Gasteiger partial charge in [-0.3, -0.25) is 29.1 Å². The topological polar surface area (TPSA) is 82.6 Å². The lowest BCUT2D eigenvalue weighted by atomic mass is 10.2. The fourth-order valence-corrected chi connectivity index (χ4v) is 3.66. The molecule has 0 aliphatic carbocycles. The second-order valence-electron chi connectivity index (χ2n) is 10.4. The Hall–Kier alpha value is -1.71. The Labute approximate surface area is 186 Å². The van der Waals surface area contributed by atoms with E-state index >= 15 is 0 Å². The summed E-state index contributed by atoms with van der Waals surface area (Å²) in [5.41, 5.74) is -1.08. The summed E-state index contributed by atoms with van der Waals surface area (Å²) in [6, 6.07) is 0. The SMILES string of the molecule is CC(C)(C)OC(=O)CN1CCN(CC(=O)OC(C)(C)C)CCN2CCN(CC1)CC2=O. The van der Waals surface area contributed by atoms with Crippen molar-refractivity contribution in [2.45, 2.75) is 52.7 Å². The van der Waals surface area contributed by atoms with Gasteiger partial charge in [0.25, 0.3) is 0 Å². The average Bonchev–Trinajstić information content (AvgIpc) is 2.58. The predicted molar refractivity (Wildman–Crippen MR) is 118 cm³/mol. The van der Waals surface area contributed by atoms with Crippen LogP contribution in [0.1, 0.15) is 41.5 Å². The normalized spacial score (nSPS) is 22.6. The molecule has 0 aromatic carbocycles. The van der Waals surface area contributed by atoms with Gasteiger partial charge in [0.1, 0.15) is 11.2 Å². The summed E-state index contributed by atoms with van der Waals surface area (Å²) in [5.74, 6) is -0.434. The number of amides is 1. The molecule has 2 bridgehead atoms. The number of hydrogen-bond donors (Lipinski definition) is 0. The number of carbonyl (C=O) groups excluding carboxylic acids is 3. The third-order valence-electron chi connectivity index (χ3n) is 5.09. The number of nitrogens with zero attached hydrogens (tertiary/aromatic N) is 4. The van der Waals surface area contributed by atoms with Crippen LogP contribution in [0.3, 0.4) is 0 Å². The Balaban J connectivity index is 2.07. The first-order chi connectivity index (χ1) is 14.3. The number of carbonyl (C=O) groups is 3. The van der Waals surface area contributed by atoms with Crippen molar-refractivity contribution in [3.8, 4) is 0 Å². The Bertz CT molecular complexity index is 641. The first-order valence-electron chi connectivity index (χ1n) is 11.2. The molecule has 0 aromatic rings. The van der Waals surface area contributed by atoms with Crippen LogP contribution < -0.4 is 0 Å². The van der Waals surface area contributed by atoms with Crippen molar-refractivity contribution in [2.75, 3.05) is 72.0 Å². The van der Waals surface area contributed by atoms with Crippen molar-refractivity contribution < 1.29 is 23.9 Å². The molecule has 1 unspecified atom stereocenters. The molecule has 0 spiro atoms. The predicted octanol–water partition coefficient (Wildman–Crippen LogP) is 0.432. The standard InChI is InChI=1S/C22H40N4O5/c1-21(2,3)30-19(28)16-24-8-7-23-11-13-26(18(27)15-23)14-12-25(10-9-24)17-20(29)31-22(4,5)6/h7-17H2,1-6H3. The minimum absolute atomic E-state index is 0.114. The van der Waals surface area contributed by atoms with E-state index in [1.165, 1.54) is 0 Å². The van der Waals surface area contributed by atoms with E-state index in [2.05, 4.69) is 9.80 Å². The number of fused-ring (bicyclic) bond motifs is 9. The fourth-order valence-electron chi connectivity index (χ4n) is 3.66. The maximum absolute atomic E-state index is 12.5. The van der Waals surface area contributed by atoms with Gasteiger partial charge >= 0.3 is 11.9 Å². The van der Waals surface area contributed by atoms with E-state index in [0.717, 1.165) is 6.54 Å². The zero-order valence-corrected chi connectivity index (χ0v) is 20.1.